The molecular weight excluding hydrogens is 334 g/mol. The van der Waals surface area contributed by atoms with Crippen LogP contribution in [0.25, 0.3) is 11.1 Å². The van der Waals surface area contributed by atoms with Crippen LogP contribution in [0.3, 0.4) is 0 Å². The van der Waals surface area contributed by atoms with Crippen molar-refractivity contribution in [3.05, 3.63) is 34.9 Å². The van der Waals surface area contributed by atoms with Crippen molar-refractivity contribution < 1.29 is 23.8 Å². The second-order valence-electron chi connectivity index (χ2n) is 6.72. The minimum atomic E-state index is 0.152. The Labute approximate surface area is 152 Å². The van der Waals surface area contributed by atoms with E-state index in [-0.39, 0.29) is 12.8 Å². The highest BCUT2D eigenvalue weighted by Crippen LogP contribution is 2.55. The van der Waals surface area contributed by atoms with E-state index in [2.05, 4.69) is 17.2 Å². The topological polar surface area (TPSA) is 49.4 Å². The molecule has 0 fully saturated rings. The molecule has 2 heterocycles. The molecule has 0 saturated heterocycles. The molecule has 6 nitrogen and oxygen atoms in total. The van der Waals surface area contributed by atoms with Crippen LogP contribution in [0.2, 0.25) is 0 Å². The smallest absolute Gasteiger partial charge is 0.231 e. The Morgan fingerprint density at radius 1 is 1.00 bits per heavy atom. The van der Waals surface area contributed by atoms with Gasteiger partial charge in [-0.3, -0.25) is 0 Å². The van der Waals surface area contributed by atoms with Gasteiger partial charge in [-0.25, -0.2) is 0 Å². The first-order chi connectivity index (χ1) is 12.7. The highest BCUT2D eigenvalue weighted by molar-refractivity contribution is 5.85. The van der Waals surface area contributed by atoms with Crippen LogP contribution in [0, 0.1) is 0 Å². The molecule has 2 aliphatic heterocycles. The SMILES string of the molecule is COc1cc2c(cc1OC)-c1c3c(cc4c1[C@H](C2)N(OC)CC4)OCO3. The zero-order valence-corrected chi connectivity index (χ0v) is 15.1. The van der Waals surface area contributed by atoms with Gasteiger partial charge in [0.05, 0.1) is 27.4 Å². The van der Waals surface area contributed by atoms with Crippen LogP contribution in [0.1, 0.15) is 22.7 Å². The molecule has 3 aliphatic rings. The molecule has 2 aromatic carbocycles. The normalized spacial score (nSPS) is 19.7. The maximum absolute atomic E-state index is 5.87. The van der Waals surface area contributed by atoms with Crippen molar-refractivity contribution in [3.63, 3.8) is 0 Å². The van der Waals surface area contributed by atoms with Gasteiger partial charge in [0.25, 0.3) is 0 Å². The van der Waals surface area contributed by atoms with Crippen molar-refractivity contribution in [1.82, 2.24) is 5.06 Å². The van der Waals surface area contributed by atoms with Crippen molar-refractivity contribution >= 4 is 0 Å². The van der Waals surface area contributed by atoms with E-state index >= 15 is 0 Å². The summed E-state index contributed by atoms with van der Waals surface area (Å²) < 4.78 is 22.6. The molecule has 136 valence electrons. The molecule has 0 saturated carbocycles. The summed E-state index contributed by atoms with van der Waals surface area (Å²) in [5.74, 6) is 3.10. The summed E-state index contributed by atoms with van der Waals surface area (Å²) in [7, 11) is 5.06. The van der Waals surface area contributed by atoms with Gasteiger partial charge in [0, 0.05) is 12.1 Å². The lowest BCUT2D eigenvalue weighted by atomic mass is 9.77. The van der Waals surface area contributed by atoms with Crippen molar-refractivity contribution in [2.24, 2.45) is 0 Å². The molecule has 2 aromatic rings. The van der Waals surface area contributed by atoms with Gasteiger partial charge in [-0.15, -0.1) is 0 Å². The molecule has 0 bridgehead atoms. The summed E-state index contributed by atoms with van der Waals surface area (Å²) in [4.78, 5) is 5.68. The molecule has 1 atom stereocenters. The molecule has 5 rings (SSSR count). The molecule has 26 heavy (non-hydrogen) atoms. The molecule has 0 aromatic heterocycles. The zero-order valence-electron chi connectivity index (χ0n) is 15.1. The fraction of sp³-hybridized carbons (Fsp3) is 0.400. The van der Waals surface area contributed by atoms with Gasteiger partial charge < -0.3 is 23.8 Å². The molecule has 0 N–H and O–H groups in total. The molecular formula is C20H21NO5. The van der Waals surface area contributed by atoms with Gasteiger partial charge in [-0.2, -0.15) is 5.06 Å². The predicted molar refractivity (Wildman–Crippen MR) is 95.0 cm³/mol. The molecule has 0 spiro atoms. The molecule has 1 aliphatic carbocycles. The van der Waals surface area contributed by atoms with Crippen LogP contribution < -0.4 is 18.9 Å². The van der Waals surface area contributed by atoms with Crippen molar-refractivity contribution in [2.75, 3.05) is 34.7 Å². The average molecular weight is 355 g/mol. The predicted octanol–water partition coefficient (Wildman–Crippen LogP) is 3.12. The minimum Gasteiger partial charge on any atom is -0.493 e. The maximum Gasteiger partial charge on any atom is 0.231 e. The quantitative estimate of drug-likeness (QED) is 0.843. The zero-order chi connectivity index (χ0) is 17.8. The van der Waals surface area contributed by atoms with Gasteiger partial charge >= 0.3 is 0 Å². The monoisotopic (exact) mass is 355 g/mol. The van der Waals surface area contributed by atoms with Gasteiger partial charge in [0.15, 0.2) is 23.0 Å². The Kier molecular flexibility index (Phi) is 3.52. The van der Waals surface area contributed by atoms with Crippen molar-refractivity contribution in [1.29, 1.82) is 0 Å². The summed E-state index contributed by atoms with van der Waals surface area (Å²) >= 11 is 0. The number of benzene rings is 2. The Hall–Kier alpha value is -2.44. The summed E-state index contributed by atoms with van der Waals surface area (Å²) in [6, 6.07) is 6.40. The number of hydrogen-bond donors (Lipinski definition) is 0. The number of rotatable bonds is 3. The first-order valence-electron chi connectivity index (χ1n) is 8.76. The van der Waals surface area contributed by atoms with Crippen LogP contribution in [0.4, 0.5) is 0 Å². The molecule has 6 heteroatoms. The van der Waals surface area contributed by atoms with E-state index in [1.54, 1.807) is 21.3 Å². The first kappa shape index (κ1) is 15.8. The third-order valence-electron chi connectivity index (χ3n) is 5.60. The summed E-state index contributed by atoms with van der Waals surface area (Å²) in [5.41, 5.74) is 6.00. The number of ether oxygens (including phenoxy) is 4. The molecule has 0 amide bonds. The first-order valence-corrected chi connectivity index (χ1v) is 8.76. The maximum atomic E-state index is 5.87. The van der Waals surface area contributed by atoms with Gasteiger partial charge in [-0.1, -0.05) is 0 Å². The van der Waals surface area contributed by atoms with E-state index in [0.29, 0.717) is 0 Å². The van der Waals surface area contributed by atoms with Crippen LogP contribution in [0.5, 0.6) is 23.0 Å². The highest BCUT2D eigenvalue weighted by atomic mass is 16.7. The summed E-state index contributed by atoms with van der Waals surface area (Å²) in [5, 5.41) is 2.06. The van der Waals surface area contributed by atoms with E-state index in [4.69, 9.17) is 23.8 Å². The molecule has 0 unspecified atom stereocenters. The van der Waals surface area contributed by atoms with E-state index < -0.39 is 0 Å². The molecule has 0 radical (unpaired) electrons. The Balaban J connectivity index is 1.81. The fourth-order valence-electron chi connectivity index (χ4n) is 4.45. The Morgan fingerprint density at radius 3 is 2.58 bits per heavy atom. The van der Waals surface area contributed by atoms with Crippen LogP contribution in [0.15, 0.2) is 18.2 Å². The second kappa shape index (κ2) is 5.79. The van der Waals surface area contributed by atoms with E-state index in [9.17, 15) is 0 Å². The second-order valence-corrected chi connectivity index (χ2v) is 6.72. The highest BCUT2D eigenvalue weighted by Gasteiger charge is 2.39. The van der Waals surface area contributed by atoms with Crippen molar-refractivity contribution in [3.8, 4) is 34.1 Å². The van der Waals surface area contributed by atoms with Gasteiger partial charge in [0.2, 0.25) is 6.79 Å². The minimum absolute atomic E-state index is 0.152. The average Bonchev–Trinajstić information content (AvgIpc) is 3.15. The summed E-state index contributed by atoms with van der Waals surface area (Å²) in [6.45, 7) is 1.11. The number of methoxy groups -OCH3 is 2. The lowest BCUT2D eigenvalue weighted by Crippen LogP contribution is -2.37. The van der Waals surface area contributed by atoms with Crippen molar-refractivity contribution in [2.45, 2.75) is 18.9 Å². The third-order valence-corrected chi connectivity index (χ3v) is 5.60. The fourth-order valence-corrected chi connectivity index (χ4v) is 4.45. The number of nitrogens with zero attached hydrogens (tertiary/aromatic N) is 1. The number of hydroxylamine groups is 2. The Bertz CT molecular complexity index is 895. The largest absolute Gasteiger partial charge is 0.493 e. The van der Waals surface area contributed by atoms with E-state index in [1.165, 1.54) is 16.7 Å². The lowest BCUT2D eigenvalue weighted by molar-refractivity contribution is -0.167. The van der Waals surface area contributed by atoms with E-state index in [1.807, 2.05) is 6.07 Å². The van der Waals surface area contributed by atoms with E-state index in [0.717, 1.165) is 53.5 Å². The van der Waals surface area contributed by atoms with Crippen LogP contribution in [-0.4, -0.2) is 39.7 Å². The number of hydrogen-bond acceptors (Lipinski definition) is 6. The van der Waals surface area contributed by atoms with Crippen LogP contribution >= 0.6 is 0 Å². The van der Waals surface area contributed by atoms with Gasteiger partial charge in [-0.05, 0) is 53.3 Å². The standard InChI is InChI=1S/C20H21NO5/c1-22-15-8-12-6-14-18-11(4-5-21(14)24-3)7-17-20(26-10-25-17)19(18)13(12)9-16(15)23-2/h7-9,14H,4-6,10H2,1-3H3/t14-/m0/s1. The Morgan fingerprint density at radius 2 is 1.81 bits per heavy atom. The number of fused-ring (bicyclic) bond motifs is 4. The van der Waals surface area contributed by atoms with Crippen LogP contribution in [-0.2, 0) is 17.7 Å². The van der Waals surface area contributed by atoms with Gasteiger partial charge in [0.1, 0.15) is 0 Å². The summed E-state index contributed by atoms with van der Waals surface area (Å²) in [6.07, 6.45) is 1.77. The third kappa shape index (κ3) is 2.06. The lowest BCUT2D eigenvalue weighted by Gasteiger charge is -2.40.